The van der Waals surface area contributed by atoms with Crippen LogP contribution in [0, 0.1) is 0 Å². The molecule has 0 saturated carbocycles. The molecule has 0 heterocycles. The van der Waals surface area contributed by atoms with Crippen LogP contribution in [-0.4, -0.2) is 0 Å². The van der Waals surface area contributed by atoms with Crippen LogP contribution in [0.3, 0.4) is 0 Å². The van der Waals surface area contributed by atoms with Crippen molar-refractivity contribution in [1.82, 2.24) is 0 Å². The van der Waals surface area contributed by atoms with Gasteiger partial charge in [-0.1, -0.05) is 59.0 Å². The summed E-state index contributed by atoms with van der Waals surface area (Å²) in [6.07, 6.45) is 3.19. The molecule has 0 fully saturated rings. The van der Waals surface area contributed by atoms with Crippen LogP contribution in [0.2, 0.25) is 0 Å². The van der Waals surface area contributed by atoms with Crippen LogP contribution in [0.4, 0.5) is 0 Å². The van der Waals surface area contributed by atoms with Crippen LogP contribution in [0.15, 0.2) is 40.5 Å². The number of rotatable bonds is 2. The van der Waals surface area contributed by atoms with Crippen LogP contribution in [0.5, 0.6) is 0 Å². The highest BCUT2D eigenvalue weighted by Crippen LogP contribution is 2.00. The minimum absolute atomic E-state index is 1.05. The highest BCUT2D eigenvalue weighted by atomic mass is 127. The zero-order chi connectivity index (χ0) is 7.23. The van der Waals surface area contributed by atoms with E-state index < -0.39 is 0 Å². The van der Waals surface area contributed by atoms with E-state index in [-0.39, 0.29) is 0 Å². The average Bonchev–Trinajstić information content (AvgIpc) is 2.03. The maximum atomic E-state index is 2.23. The topological polar surface area (TPSA) is 0 Å². The van der Waals surface area contributed by atoms with Gasteiger partial charge in [-0.2, -0.15) is 0 Å². The lowest BCUT2D eigenvalue weighted by atomic mass is 10.2. The Bertz CT molecular complexity index is 201. The summed E-state index contributed by atoms with van der Waals surface area (Å²) in [7, 11) is 0. The molecule has 0 N–H and O–H groups in total. The minimum Gasteiger partial charge on any atom is -0.0741 e. The summed E-state index contributed by atoms with van der Waals surface area (Å²) >= 11 is 2.23. The summed E-state index contributed by atoms with van der Waals surface area (Å²) in [5.74, 6) is 0. The third-order valence-corrected chi connectivity index (χ3v) is 1.79. The second-order valence-electron chi connectivity index (χ2n) is 2.05. The zero-order valence-electron chi connectivity index (χ0n) is 5.63. The van der Waals surface area contributed by atoms with Gasteiger partial charge in [-0.15, -0.1) is 0 Å². The lowest BCUT2D eigenvalue weighted by Gasteiger charge is -1.91. The van der Waals surface area contributed by atoms with Gasteiger partial charge in [0.05, 0.1) is 0 Å². The molecule has 52 valence electrons. The molecular weight excluding hydrogens is 235 g/mol. The predicted octanol–water partition coefficient (Wildman–Crippen LogP) is 3.18. The summed E-state index contributed by atoms with van der Waals surface area (Å²) in [5.41, 5.74) is 1.37. The van der Waals surface area contributed by atoms with E-state index in [2.05, 4.69) is 52.9 Å². The second-order valence-corrected chi connectivity index (χ2v) is 2.77. The SMILES string of the molecule is I/C=C\Cc1ccccc1. The number of hydrogen-bond acceptors (Lipinski definition) is 0. The van der Waals surface area contributed by atoms with E-state index in [1.807, 2.05) is 10.1 Å². The lowest BCUT2D eigenvalue weighted by molar-refractivity contribution is 1.28. The van der Waals surface area contributed by atoms with Gasteiger partial charge in [0.2, 0.25) is 0 Å². The van der Waals surface area contributed by atoms with Gasteiger partial charge in [0.1, 0.15) is 0 Å². The van der Waals surface area contributed by atoms with Crippen molar-refractivity contribution >= 4 is 22.6 Å². The Morgan fingerprint density at radius 1 is 1.20 bits per heavy atom. The predicted molar refractivity (Wildman–Crippen MR) is 53.3 cm³/mol. The molecule has 0 nitrogen and oxygen atoms in total. The Balaban J connectivity index is 2.59. The first-order chi connectivity index (χ1) is 4.93. The van der Waals surface area contributed by atoms with Gasteiger partial charge in [0, 0.05) is 0 Å². The molecule has 1 aromatic carbocycles. The summed E-state index contributed by atoms with van der Waals surface area (Å²) in [4.78, 5) is 0. The number of benzene rings is 1. The molecule has 10 heavy (non-hydrogen) atoms. The highest BCUT2D eigenvalue weighted by Gasteiger charge is 1.83. The second kappa shape index (κ2) is 4.50. The maximum Gasteiger partial charge on any atom is -0.00899 e. The molecule has 1 heteroatoms. The Hall–Kier alpha value is -0.310. The number of hydrogen-bond donors (Lipinski definition) is 0. The van der Waals surface area contributed by atoms with E-state index in [9.17, 15) is 0 Å². The van der Waals surface area contributed by atoms with Gasteiger partial charge in [0.15, 0.2) is 0 Å². The monoisotopic (exact) mass is 244 g/mol. The molecule has 1 aromatic rings. The normalized spacial score (nSPS) is 10.5. The molecule has 0 aliphatic rings. The lowest BCUT2D eigenvalue weighted by Crippen LogP contribution is -1.76. The molecule has 0 unspecified atom stereocenters. The van der Waals surface area contributed by atoms with Crippen molar-refractivity contribution in [2.24, 2.45) is 0 Å². The van der Waals surface area contributed by atoms with Gasteiger partial charge < -0.3 is 0 Å². The average molecular weight is 244 g/mol. The fourth-order valence-electron chi connectivity index (χ4n) is 0.795. The van der Waals surface area contributed by atoms with Crippen LogP contribution in [-0.2, 0) is 6.42 Å². The first-order valence-electron chi connectivity index (χ1n) is 3.22. The van der Waals surface area contributed by atoms with Gasteiger partial charge in [-0.05, 0) is 16.1 Å². The van der Waals surface area contributed by atoms with Crippen LogP contribution in [0.1, 0.15) is 5.56 Å². The first-order valence-corrected chi connectivity index (χ1v) is 4.47. The quantitative estimate of drug-likeness (QED) is 0.701. The van der Waals surface area contributed by atoms with Crippen molar-refractivity contribution in [1.29, 1.82) is 0 Å². The molecule has 0 atom stereocenters. The fraction of sp³-hybridized carbons (Fsp3) is 0.111. The van der Waals surface area contributed by atoms with Crippen LogP contribution in [0.25, 0.3) is 0 Å². The third kappa shape index (κ3) is 2.52. The van der Waals surface area contributed by atoms with Crippen molar-refractivity contribution in [3.63, 3.8) is 0 Å². The van der Waals surface area contributed by atoms with Gasteiger partial charge >= 0.3 is 0 Å². The molecule has 0 spiro atoms. The number of allylic oxidation sites excluding steroid dienone is 1. The van der Waals surface area contributed by atoms with Gasteiger partial charge in [0.25, 0.3) is 0 Å². The van der Waals surface area contributed by atoms with Crippen LogP contribution < -0.4 is 0 Å². The highest BCUT2D eigenvalue weighted by molar-refractivity contribution is 14.1. The number of halogens is 1. The summed E-state index contributed by atoms with van der Waals surface area (Å²) in [5, 5.41) is 0. The summed E-state index contributed by atoms with van der Waals surface area (Å²) in [6.45, 7) is 0. The standard InChI is InChI=1S/C9H9I/c10-8-4-7-9-5-2-1-3-6-9/h1-6,8H,7H2/b8-4-. The Morgan fingerprint density at radius 2 is 1.90 bits per heavy atom. The zero-order valence-corrected chi connectivity index (χ0v) is 7.78. The summed E-state index contributed by atoms with van der Waals surface area (Å²) in [6, 6.07) is 10.4. The molecule has 0 amide bonds. The molecule has 0 aliphatic heterocycles. The largest absolute Gasteiger partial charge is 0.0741 e. The molecule has 0 saturated heterocycles. The molecule has 0 bridgehead atoms. The molecule has 1 rings (SSSR count). The minimum atomic E-state index is 1.05. The Kier molecular flexibility index (Phi) is 3.50. The van der Waals surface area contributed by atoms with Gasteiger partial charge in [-0.25, -0.2) is 0 Å². The first kappa shape index (κ1) is 7.79. The molecule has 0 radical (unpaired) electrons. The summed E-state index contributed by atoms with van der Waals surface area (Å²) < 4.78 is 2.05. The van der Waals surface area contributed by atoms with Gasteiger partial charge in [-0.3, -0.25) is 0 Å². The van der Waals surface area contributed by atoms with E-state index in [1.165, 1.54) is 5.56 Å². The molecule has 0 aromatic heterocycles. The van der Waals surface area contributed by atoms with E-state index >= 15 is 0 Å². The third-order valence-electron chi connectivity index (χ3n) is 1.29. The van der Waals surface area contributed by atoms with E-state index in [0.29, 0.717) is 0 Å². The van der Waals surface area contributed by atoms with Crippen molar-refractivity contribution in [2.75, 3.05) is 0 Å². The van der Waals surface area contributed by atoms with Crippen molar-refractivity contribution in [2.45, 2.75) is 6.42 Å². The maximum absolute atomic E-state index is 2.23. The smallest absolute Gasteiger partial charge is 0.00899 e. The Labute approximate surface area is 75.1 Å². The van der Waals surface area contributed by atoms with E-state index in [0.717, 1.165) is 6.42 Å². The van der Waals surface area contributed by atoms with Crippen LogP contribution >= 0.6 is 22.6 Å². The van der Waals surface area contributed by atoms with Crippen molar-refractivity contribution < 1.29 is 0 Å². The fourth-order valence-corrected chi connectivity index (χ4v) is 1.05. The molecular formula is C9H9I. The molecule has 0 aliphatic carbocycles. The van der Waals surface area contributed by atoms with Crippen molar-refractivity contribution in [3.8, 4) is 0 Å². The Morgan fingerprint density at radius 3 is 2.50 bits per heavy atom. The van der Waals surface area contributed by atoms with Crippen molar-refractivity contribution in [3.05, 3.63) is 46.1 Å². The van der Waals surface area contributed by atoms with E-state index in [1.54, 1.807) is 0 Å². The van der Waals surface area contributed by atoms with E-state index in [4.69, 9.17) is 0 Å².